The van der Waals surface area contributed by atoms with Crippen LogP contribution in [0, 0.1) is 0 Å². The van der Waals surface area contributed by atoms with E-state index < -0.39 is 0 Å². The monoisotopic (exact) mass is 468 g/mol. The lowest BCUT2D eigenvalue weighted by Crippen LogP contribution is -2.46. The highest BCUT2D eigenvalue weighted by molar-refractivity contribution is 9.10. The van der Waals surface area contributed by atoms with Gasteiger partial charge in [-0.05, 0) is 42.7 Å². The second kappa shape index (κ2) is 7.22. The van der Waals surface area contributed by atoms with E-state index in [1.165, 1.54) is 16.7 Å². The number of benzene rings is 1. The molecule has 1 aliphatic rings. The van der Waals surface area contributed by atoms with Crippen LogP contribution in [0.2, 0.25) is 10.3 Å². The number of fused-ring (bicyclic) bond motifs is 1. The van der Waals surface area contributed by atoms with Gasteiger partial charge in [0, 0.05) is 11.0 Å². The van der Waals surface area contributed by atoms with Gasteiger partial charge in [0.1, 0.15) is 16.0 Å². The summed E-state index contributed by atoms with van der Waals surface area (Å²) in [4.78, 5) is 17.0. The molecule has 0 aliphatic carbocycles. The number of nitrogens with zero attached hydrogens (tertiary/aromatic N) is 4. The molecule has 0 unspecified atom stereocenters. The van der Waals surface area contributed by atoms with Gasteiger partial charge < -0.3 is 10.1 Å². The van der Waals surface area contributed by atoms with Crippen molar-refractivity contribution in [2.45, 2.75) is 19.4 Å². The van der Waals surface area contributed by atoms with E-state index >= 15 is 0 Å². The summed E-state index contributed by atoms with van der Waals surface area (Å²) in [5, 5.41) is 13.0. The van der Waals surface area contributed by atoms with E-state index in [4.69, 9.17) is 23.2 Å². The maximum absolute atomic E-state index is 13.1. The molecular formula is C18H15BrCl2N4O2. The zero-order valence-corrected chi connectivity index (χ0v) is 17.2. The lowest BCUT2D eigenvalue weighted by Gasteiger charge is -2.30. The summed E-state index contributed by atoms with van der Waals surface area (Å²) in [7, 11) is 0. The van der Waals surface area contributed by atoms with Crippen LogP contribution in [-0.4, -0.2) is 25.9 Å². The predicted octanol–water partition coefficient (Wildman–Crippen LogP) is 3.89. The fraction of sp³-hybridized carbons (Fsp3) is 0.222. The number of pyridine rings is 1. The molecule has 1 aromatic carbocycles. The Balaban J connectivity index is 1.79. The van der Waals surface area contributed by atoms with Crippen LogP contribution < -0.4 is 10.7 Å². The Kier molecular flexibility index (Phi) is 4.92. The van der Waals surface area contributed by atoms with Crippen molar-refractivity contribution in [2.24, 2.45) is 0 Å². The highest BCUT2D eigenvalue weighted by Gasteiger charge is 2.27. The quantitative estimate of drug-likeness (QED) is 0.591. The topological polar surface area (TPSA) is 63.3 Å². The summed E-state index contributed by atoms with van der Waals surface area (Å²) < 4.78 is 3.76. The minimum atomic E-state index is -0.363. The van der Waals surface area contributed by atoms with Gasteiger partial charge in [-0.15, -0.1) is 0 Å². The van der Waals surface area contributed by atoms with Gasteiger partial charge in [-0.25, -0.2) is 19.0 Å². The molecule has 0 saturated carbocycles. The smallest absolute Gasteiger partial charge is 0.354 e. The second-order valence-electron chi connectivity index (χ2n) is 6.29. The zero-order valence-electron chi connectivity index (χ0n) is 14.1. The van der Waals surface area contributed by atoms with Crippen molar-refractivity contribution in [1.29, 1.82) is 0 Å². The standard InChI is InChI=1S/C18H15BrCl2N4O2/c19-12-5-3-11(4-6-12)10-23-7-1-2-14-17(26)24(18(27)25(14)23)13-8-15(20)22-16(21)9-13/h3-6,8-9,26H,1-2,7,10H2. The van der Waals surface area contributed by atoms with E-state index in [9.17, 15) is 9.90 Å². The summed E-state index contributed by atoms with van der Waals surface area (Å²) in [5.74, 6) is -0.0983. The molecule has 0 fully saturated rings. The van der Waals surface area contributed by atoms with E-state index in [1.807, 2.05) is 29.3 Å². The first kappa shape index (κ1) is 18.4. The van der Waals surface area contributed by atoms with Crippen molar-refractivity contribution in [2.75, 3.05) is 11.6 Å². The van der Waals surface area contributed by atoms with Crippen LogP contribution >= 0.6 is 39.1 Å². The molecule has 6 nitrogen and oxygen atoms in total. The van der Waals surface area contributed by atoms with Crippen LogP contribution in [0.3, 0.4) is 0 Å². The Morgan fingerprint density at radius 1 is 1.15 bits per heavy atom. The molecule has 2 aromatic heterocycles. The normalized spacial score (nSPS) is 13.7. The summed E-state index contributed by atoms with van der Waals surface area (Å²) >= 11 is 15.4. The molecule has 0 saturated heterocycles. The molecule has 1 N–H and O–H groups in total. The minimum absolute atomic E-state index is 0.0983. The largest absolute Gasteiger partial charge is 0.493 e. The first-order valence-electron chi connectivity index (χ1n) is 8.33. The molecule has 140 valence electrons. The zero-order chi connectivity index (χ0) is 19.1. The lowest BCUT2D eigenvalue weighted by atomic mass is 10.2. The van der Waals surface area contributed by atoms with Gasteiger partial charge in [-0.1, -0.05) is 51.3 Å². The van der Waals surface area contributed by atoms with Crippen LogP contribution in [-0.2, 0) is 13.0 Å². The van der Waals surface area contributed by atoms with Gasteiger partial charge in [0.15, 0.2) is 0 Å². The van der Waals surface area contributed by atoms with Crippen LogP contribution in [0.5, 0.6) is 5.88 Å². The van der Waals surface area contributed by atoms with Gasteiger partial charge in [-0.2, -0.15) is 0 Å². The Morgan fingerprint density at radius 3 is 2.48 bits per heavy atom. The van der Waals surface area contributed by atoms with Gasteiger partial charge in [0.2, 0.25) is 5.88 Å². The van der Waals surface area contributed by atoms with Crippen molar-refractivity contribution < 1.29 is 5.11 Å². The van der Waals surface area contributed by atoms with Gasteiger partial charge in [-0.3, -0.25) is 0 Å². The average Bonchev–Trinajstić information content (AvgIpc) is 2.88. The van der Waals surface area contributed by atoms with Crippen molar-refractivity contribution in [3.05, 3.63) is 72.9 Å². The Morgan fingerprint density at radius 2 is 1.81 bits per heavy atom. The van der Waals surface area contributed by atoms with Gasteiger partial charge in [0.05, 0.1) is 12.2 Å². The Labute approximate surface area is 173 Å². The number of imidazole rings is 1. The van der Waals surface area contributed by atoms with Crippen LogP contribution in [0.25, 0.3) is 5.69 Å². The SMILES string of the molecule is O=c1n(-c2cc(Cl)nc(Cl)c2)c(O)c2n1N(Cc1ccc(Br)cc1)CCC2. The number of aromatic nitrogens is 3. The molecule has 1 aliphatic heterocycles. The number of halogens is 3. The number of hydrogen-bond donors (Lipinski definition) is 1. The summed E-state index contributed by atoms with van der Waals surface area (Å²) in [6.45, 7) is 1.27. The maximum atomic E-state index is 13.1. The van der Waals surface area contributed by atoms with Crippen LogP contribution in [0.4, 0.5) is 0 Å². The minimum Gasteiger partial charge on any atom is -0.493 e. The Hall–Kier alpha value is -1.96. The van der Waals surface area contributed by atoms with E-state index in [0.29, 0.717) is 30.9 Å². The van der Waals surface area contributed by atoms with E-state index in [1.54, 1.807) is 4.68 Å². The Bertz CT molecular complexity index is 1040. The number of rotatable bonds is 3. The molecule has 9 heteroatoms. The fourth-order valence-corrected chi connectivity index (χ4v) is 4.04. The third-order valence-electron chi connectivity index (χ3n) is 4.49. The molecule has 27 heavy (non-hydrogen) atoms. The summed E-state index contributed by atoms with van der Waals surface area (Å²) in [6.07, 6.45) is 1.45. The van der Waals surface area contributed by atoms with Crippen LogP contribution in [0.15, 0.2) is 45.7 Å². The molecule has 0 spiro atoms. The van der Waals surface area contributed by atoms with Gasteiger partial charge >= 0.3 is 5.69 Å². The highest BCUT2D eigenvalue weighted by atomic mass is 79.9. The lowest BCUT2D eigenvalue weighted by molar-refractivity contribution is 0.423. The third kappa shape index (κ3) is 3.47. The number of aromatic hydroxyl groups is 1. The molecule has 0 bridgehead atoms. The summed E-state index contributed by atoms with van der Waals surface area (Å²) in [6, 6.07) is 10.9. The molecule has 3 heterocycles. The van der Waals surface area contributed by atoms with E-state index in [-0.39, 0.29) is 21.9 Å². The predicted molar refractivity (Wildman–Crippen MR) is 109 cm³/mol. The number of hydrogen-bond acceptors (Lipinski definition) is 4. The van der Waals surface area contributed by atoms with Gasteiger partial charge in [0.25, 0.3) is 0 Å². The summed E-state index contributed by atoms with van der Waals surface area (Å²) in [5.41, 5.74) is 1.67. The van der Waals surface area contributed by atoms with Crippen molar-refractivity contribution in [3.8, 4) is 11.6 Å². The molecule has 3 aromatic rings. The first-order valence-corrected chi connectivity index (χ1v) is 9.87. The van der Waals surface area contributed by atoms with Crippen molar-refractivity contribution in [3.63, 3.8) is 0 Å². The molecule has 0 atom stereocenters. The highest BCUT2D eigenvalue weighted by Crippen LogP contribution is 2.27. The molecule has 0 radical (unpaired) electrons. The third-order valence-corrected chi connectivity index (χ3v) is 5.41. The van der Waals surface area contributed by atoms with E-state index in [0.717, 1.165) is 16.5 Å². The first-order chi connectivity index (χ1) is 12.9. The maximum Gasteiger partial charge on any atom is 0.354 e. The van der Waals surface area contributed by atoms with Crippen LogP contribution in [0.1, 0.15) is 17.7 Å². The average molecular weight is 470 g/mol. The molecule has 0 amide bonds. The molecular weight excluding hydrogens is 455 g/mol. The van der Waals surface area contributed by atoms with Crippen molar-refractivity contribution in [1.82, 2.24) is 14.2 Å². The fourth-order valence-electron chi connectivity index (χ4n) is 3.33. The molecule has 4 rings (SSSR count). The van der Waals surface area contributed by atoms with Crippen molar-refractivity contribution >= 4 is 39.1 Å². The second-order valence-corrected chi connectivity index (χ2v) is 7.98. The van der Waals surface area contributed by atoms with E-state index in [2.05, 4.69) is 20.9 Å².